The summed E-state index contributed by atoms with van der Waals surface area (Å²) in [5, 5.41) is 8.17. The molecule has 4 rings (SSSR count). The predicted molar refractivity (Wildman–Crippen MR) is 217 cm³/mol. The van der Waals surface area contributed by atoms with E-state index in [1.165, 1.54) is 66.0 Å². The number of benzene rings is 3. The van der Waals surface area contributed by atoms with Crippen molar-refractivity contribution in [2.24, 2.45) is 5.92 Å². The van der Waals surface area contributed by atoms with E-state index in [1.807, 2.05) is 30.3 Å². The highest BCUT2D eigenvalue weighted by Gasteiger charge is 2.37. The first-order valence-corrected chi connectivity index (χ1v) is 19.4. The summed E-state index contributed by atoms with van der Waals surface area (Å²) in [5.74, 6) is -2.90. The SMILES string of the molecule is COc1ccc(C[C@H]2C(=O)N[C@@H](C)C(=O)N(C)[C@@H](Cc3ccccc3)C(=O)C[C@@H](Cc3cc(OC)c(OC)cc3Br)C(=O)N[C@H](C)C(=O)N[C@@H](C)C(=O)N2C)cc1. The minimum absolute atomic E-state index is 0.0459. The van der Waals surface area contributed by atoms with Crippen LogP contribution in [0.25, 0.3) is 0 Å². The molecule has 0 bridgehead atoms. The lowest BCUT2D eigenvalue weighted by Crippen LogP contribution is -2.59. The number of nitrogens with one attached hydrogen (secondary N) is 3. The Labute approximate surface area is 342 Å². The minimum Gasteiger partial charge on any atom is -0.497 e. The normalized spacial score (nSPS) is 23.2. The van der Waals surface area contributed by atoms with E-state index in [9.17, 15) is 28.8 Å². The van der Waals surface area contributed by atoms with Crippen LogP contribution in [0.15, 0.2) is 71.2 Å². The van der Waals surface area contributed by atoms with Crippen molar-refractivity contribution in [3.63, 3.8) is 0 Å². The Hall–Kier alpha value is -5.44. The molecule has 0 saturated carbocycles. The van der Waals surface area contributed by atoms with E-state index < -0.39 is 71.4 Å². The number of rotatable bonds is 9. The fourth-order valence-corrected chi connectivity index (χ4v) is 7.22. The van der Waals surface area contributed by atoms with Crippen molar-refractivity contribution in [2.75, 3.05) is 35.4 Å². The fourth-order valence-electron chi connectivity index (χ4n) is 6.74. The molecule has 1 aliphatic rings. The van der Waals surface area contributed by atoms with Gasteiger partial charge in [-0.1, -0.05) is 58.4 Å². The molecule has 14 nitrogen and oxygen atoms in total. The van der Waals surface area contributed by atoms with E-state index >= 15 is 0 Å². The van der Waals surface area contributed by atoms with Crippen molar-refractivity contribution < 1.29 is 43.0 Å². The zero-order valence-electron chi connectivity index (χ0n) is 33.6. The molecule has 0 unspecified atom stereocenters. The van der Waals surface area contributed by atoms with Crippen LogP contribution in [-0.4, -0.2) is 111 Å². The van der Waals surface area contributed by atoms with E-state index in [0.717, 1.165) is 5.56 Å². The molecule has 0 aromatic heterocycles. The summed E-state index contributed by atoms with van der Waals surface area (Å²) < 4.78 is 16.8. The second-order valence-electron chi connectivity index (χ2n) is 14.2. The van der Waals surface area contributed by atoms with E-state index in [1.54, 1.807) is 36.4 Å². The maximum Gasteiger partial charge on any atom is 0.245 e. The van der Waals surface area contributed by atoms with E-state index in [4.69, 9.17) is 14.2 Å². The van der Waals surface area contributed by atoms with Gasteiger partial charge in [0.2, 0.25) is 29.5 Å². The highest BCUT2D eigenvalue weighted by molar-refractivity contribution is 9.10. The van der Waals surface area contributed by atoms with Crippen molar-refractivity contribution in [2.45, 2.75) is 76.7 Å². The molecule has 1 saturated heterocycles. The molecular weight excluding hydrogens is 798 g/mol. The number of amides is 5. The first kappa shape index (κ1) is 44.3. The first-order valence-electron chi connectivity index (χ1n) is 18.6. The molecule has 15 heteroatoms. The molecule has 3 N–H and O–H groups in total. The van der Waals surface area contributed by atoms with Gasteiger partial charge in [0.1, 0.15) is 29.9 Å². The highest BCUT2D eigenvalue weighted by Crippen LogP contribution is 2.35. The molecule has 5 amide bonds. The number of carbonyl (C=O) groups is 6. The molecule has 1 aliphatic heterocycles. The number of hydrogen-bond acceptors (Lipinski definition) is 9. The summed E-state index contributed by atoms with van der Waals surface area (Å²) in [6.07, 6.45) is -0.0512. The third-order valence-corrected chi connectivity index (χ3v) is 11.0. The molecule has 57 heavy (non-hydrogen) atoms. The Bertz CT molecular complexity index is 1930. The van der Waals surface area contributed by atoms with Crippen LogP contribution in [0.5, 0.6) is 17.2 Å². The molecular formula is C42H52BrN5O9. The van der Waals surface area contributed by atoms with Crippen LogP contribution in [0.4, 0.5) is 0 Å². The van der Waals surface area contributed by atoms with Gasteiger partial charge in [-0.25, -0.2) is 0 Å². The lowest BCUT2D eigenvalue weighted by Gasteiger charge is -2.33. The first-order chi connectivity index (χ1) is 27.1. The predicted octanol–water partition coefficient (Wildman–Crippen LogP) is 3.26. The van der Waals surface area contributed by atoms with Gasteiger partial charge in [-0.3, -0.25) is 28.8 Å². The van der Waals surface area contributed by atoms with E-state index in [2.05, 4.69) is 31.9 Å². The number of likely N-dealkylation sites (N-methyl/N-ethyl adjacent to an activating group) is 2. The zero-order valence-corrected chi connectivity index (χ0v) is 35.2. The maximum atomic E-state index is 14.5. The number of Topliss-reactive ketones (excluding diaryl/α,β-unsaturated/α-hetero) is 1. The zero-order chi connectivity index (χ0) is 42.0. The van der Waals surface area contributed by atoms with Gasteiger partial charge in [-0.2, -0.15) is 0 Å². The number of methoxy groups -OCH3 is 3. The van der Waals surface area contributed by atoms with Gasteiger partial charge in [0.05, 0.1) is 27.4 Å². The highest BCUT2D eigenvalue weighted by atomic mass is 79.9. The van der Waals surface area contributed by atoms with Crippen LogP contribution in [0.1, 0.15) is 43.9 Å². The Kier molecular flexibility index (Phi) is 15.6. The maximum absolute atomic E-state index is 14.5. The number of carbonyl (C=O) groups excluding carboxylic acids is 6. The molecule has 306 valence electrons. The lowest BCUT2D eigenvalue weighted by molar-refractivity contribution is -0.144. The summed E-state index contributed by atoms with van der Waals surface area (Å²) in [6, 6.07) is 14.1. The van der Waals surface area contributed by atoms with Crippen molar-refractivity contribution in [3.8, 4) is 17.2 Å². The summed E-state index contributed by atoms with van der Waals surface area (Å²) in [7, 11) is 7.46. The molecule has 0 radical (unpaired) electrons. The quantitative estimate of drug-likeness (QED) is 0.292. The summed E-state index contributed by atoms with van der Waals surface area (Å²) in [4.78, 5) is 86.7. The number of hydrogen-bond donors (Lipinski definition) is 3. The topological polar surface area (TPSA) is 173 Å². The van der Waals surface area contributed by atoms with Gasteiger partial charge >= 0.3 is 0 Å². The van der Waals surface area contributed by atoms with Crippen molar-refractivity contribution in [1.82, 2.24) is 25.8 Å². The second-order valence-corrected chi connectivity index (χ2v) is 15.1. The second kappa shape index (κ2) is 20.1. The standard InChI is InChI=1S/C42H52BrN5O9/c1-24-38(50)45-25(2)42(54)48(5)34(19-28-14-16-31(55-6)17-15-28)40(52)46-26(3)41(53)47(4)33(18-27-12-10-9-11-13-27)35(49)21-30(39(51)44-24)20-29-22-36(56-7)37(57-8)23-32(29)43/h9-17,22-26,30,33-34H,18-21H2,1-8H3,(H,44,51)(H,45,50)(H,46,52)/t24-,25+,26+,30-,33+,34+/m1/s1. The average Bonchev–Trinajstić information content (AvgIpc) is 3.20. The molecule has 6 atom stereocenters. The number of ketones is 1. The molecule has 1 heterocycles. The Morgan fingerprint density at radius 1 is 0.614 bits per heavy atom. The average molecular weight is 851 g/mol. The molecule has 3 aromatic rings. The van der Waals surface area contributed by atoms with Gasteiger partial charge in [-0.15, -0.1) is 0 Å². The van der Waals surface area contributed by atoms with Crippen LogP contribution in [-0.2, 0) is 48.0 Å². The number of nitrogens with zero attached hydrogens (tertiary/aromatic N) is 2. The van der Waals surface area contributed by atoms with Gasteiger partial charge in [-0.05, 0) is 74.6 Å². The summed E-state index contributed by atoms with van der Waals surface area (Å²) >= 11 is 3.55. The Morgan fingerprint density at radius 3 is 1.70 bits per heavy atom. The van der Waals surface area contributed by atoms with E-state index in [0.29, 0.717) is 32.8 Å². The number of ether oxygens (including phenoxy) is 3. The van der Waals surface area contributed by atoms with Crippen LogP contribution >= 0.6 is 15.9 Å². The lowest BCUT2D eigenvalue weighted by atomic mass is 9.88. The minimum atomic E-state index is -1.12. The van der Waals surface area contributed by atoms with Gasteiger partial charge in [0, 0.05) is 37.3 Å². The van der Waals surface area contributed by atoms with Crippen LogP contribution in [0.2, 0.25) is 0 Å². The molecule has 0 aliphatic carbocycles. The fraction of sp³-hybridized carbons (Fsp3) is 0.429. The smallest absolute Gasteiger partial charge is 0.245 e. The van der Waals surface area contributed by atoms with Crippen LogP contribution in [0.3, 0.4) is 0 Å². The Balaban J connectivity index is 1.76. The van der Waals surface area contributed by atoms with Crippen molar-refractivity contribution >= 4 is 51.2 Å². The molecule has 3 aromatic carbocycles. The monoisotopic (exact) mass is 849 g/mol. The van der Waals surface area contributed by atoms with Crippen LogP contribution in [0, 0.1) is 5.92 Å². The third kappa shape index (κ3) is 11.3. The molecule has 1 fully saturated rings. The van der Waals surface area contributed by atoms with E-state index in [-0.39, 0.29) is 25.7 Å². The summed E-state index contributed by atoms with van der Waals surface area (Å²) in [5.41, 5.74) is 2.12. The summed E-state index contributed by atoms with van der Waals surface area (Å²) in [6.45, 7) is 4.47. The van der Waals surface area contributed by atoms with Crippen molar-refractivity contribution in [3.05, 3.63) is 87.9 Å². The van der Waals surface area contributed by atoms with Crippen LogP contribution < -0.4 is 30.2 Å². The van der Waals surface area contributed by atoms with Gasteiger partial charge in [0.25, 0.3) is 0 Å². The number of halogens is 1. The molecule has 0 spiro atoms. The largest absolute Gasteiger partial charge is 0.497 e. The van der Waals surface area contributed by atoms with Crippen molar-refractivity contribution in [1.29, 1.82) is 0 Å². The third-order valence-electron chi connectivity index (χ3n) is 10.2. The van der Waals surface area contributed by atoms with Gasteiger partial charge < -0.3 is 40.0 Å². The van der Waals surface area contributed by atoms with Gasteiger partial charge in [0.15, 0.2) is 17.3 Å². The Morgan fingerprint density at radius 2 is 1.12 bits per heavy atom.